The van der Waals surface area contributed by atoms with Gasteiger partial charge in [-0.05, 0) is 42.5 Å². The van der Waals surface area contributed by atoms with Crippen molar-refractivity contribution in [3.63, 3.8) is 0 Å². The third-order valence-corrected chi connectivity index (χ3v) is 4.92. The van der Waals surface area contributed by atoms with Crippen molar-refractivity contribution in [3.05, 3.63) is 93.5 Å². The number of benzene rings is 3. The van der Waals surface area contributed by atoms with Crippen LogP contribution in [0.3, 0.4) is 0 Å². The van der Waals surface area contributed by atoms with E-state index in [4.69, 9.17) is 23.2 Å². The average molecular weight is 411 g/mol. The van der Waals surface area contributed by atoms with Crippen molar-refractivity contribution < 1.29 is 14.4 Å². The Kier molecular flexibility index (Phi) is 4.63. The maximum atomic E-state index is 13.0. The first-order valence-corrected chi connectivity index (χ1v) is 9.06. The number of imide groups is 1. The van der Waals surface area contributed by atoms with Crippen LogP contribution in [-0.2, 0) is 0 Å². The summed E-state index contributed by atoms with van der Waals surface area (Å²) in [6, 6.07) is 17.9. The molecule has 5 nitrogen and oxygen atoms in total. The summed E-state index contributed by atoms with van der Waals surface area (Å²) in [6.45, 7) is 0. The van der Waals surface area contributed by atoms with Crippen LogP contribution in [0, 0.1) is 0 Å². The van der Waals surface area contributed by atoms with Crippen LogP contribution in [-0.4, -0.2) is 17.7 Å². The van der Waals surface area contributed by atoms with Crippen molar-refractivity contribution in [2.45, 2.75) is 0 Å². The Bertz CT molecular complexity index is 1130. The molecule has 4 rings (SSSR count). The molecule has 0 aliphatic carbocycles. The minimum Gasteiger partial charge on any atom is -0.321 e. The quantitative estimate of drug-likeness (QED) is 0.614. The van der Waals surface area contributed by atoms with Gasteiger partial charge in [0.25, 0.3) is 17.7 Å². The molecule has 1 aliphatic heterocycles. The number of halogens is 2. The highest BCUT2D eigenvalue weighted by Crippen LogP contribution is 2.33. The Hall–Kier alpha value is -3.15. The summed E-state index contributed by atoms with van der Waals surface area (Å²) >= 11 is 12.0. The molecule has 0 unspecified atom stereocenters. The lowest BCUT2D eigenvalue weighted by atomic mass is 10.1. The number of hydrogen-bond donors (Lipinski definition) is 1. The molecule has 1 heterocycles. The minimum atomic E-state index is -0.528. The molecule has 28 heavy (non-hydrogen) atoms. The molecule has 138 valence electrons. The molecule has 0 fully saturated rings. The second-order valence-electron chi connectivity index (χ2n) is 6.09. The van der Waals surface area contributed by atoms with Crippen LogP contribution in [0.15, 0.2) is 66.7 Å². The number of anilines is 2. The first-order chi connectivity index (χ1) is 13.5. The van der Waals surface area contributed by atoms with E-state index in [1.54, 1.807) is 54.6 Å². The lowest BCUT2D eigenvalue weighted by Gasteiger charge is -2.14. The summed E-state index contributed by atoms with van der Waals surface area (Å²) < 4.78 is 0. The zero-order valence-electron chi connectivity index (χ0n) is 14.3. The summed E-state index contributed by atoms with van der Waals surface area (Å²) in [4.78, 5) is 39.5. The molecule has 7 heteroatoms. The normalized spacial score (nSPS) is 12.9. The zero-order chi connectivity index (χ0) is 19.8. The number of para-hydroxylation sites is 1. The molecule has 0 radical (unpaired) electrons. The van der Waals surface area contributed by atoms with Crippen LogP contribution >= 0.6 is 23.2 Å². The Balaban J connectivity index is 1.72. The Labute approximate surface area is 170 Å². The van der Waals surface area contributed by atoms with Crippen molar-refractivity contribution in [1.82, 2.24) is 0 Å². The molecule has 3 amide bonds. The summed E-state index contributed by atoms with van der Waals surface area (Å²) in [5.41, 5.74) is 1.23. The molecule has 1 N–H and O–H groups in total. The number of nitrogens with one attached hydrogen (secondary N) is 1. The van der Waals surface area contributed by atoms with Crippen LogP contribution < -0.4 is 10.2 Å². The van der Waals surface area contributed by atoms with E-state index < -0.39 is 17.7 Å². The minimum absolute atomic E-state index is 0.142. The summed E-state index contributed by atoms with van der Waals surface area (Å²) in [7, 11) is 0. The van der Waals surface area contributed by atoms with Gasteiger partial charge in [-0.2, -0.15) is 0 Å². The van der Waals surface area contributed by atoms with Crippen LogP contribution in [0.1, 0.15) is 31.1 Å². The fourth-order valence-electron chi connectivity index (χ4n) is 3.06. The number of fused-ring (bicyclic) bond motifs is 1. The number of hydrogen-bond acceptors (Lipinski definition) is 3. The molecule has 0 spiro atoms. The number of nitrogens with zero attached hydrogens (tertiary/aromatic N) is 1. The molecular formula is C21H12Cl2N2O3. The van der Waals surface area contributed by atoms with Gasteiger partial charge in [0.2, 0.25) is 0 Å². The van der Waals surface area contributed by atoms with E-state index >= 15 is 0 Å². The van der Waals surface area contributed by atoms with E-state index in [-0.39, 0.29) is 27.4 Å². The first-order valence-electron chi connectivity index (χ1n) is 8.30. The standard InChI is InChI=1S/C21H12Cl2N2O3/c22-12-9-10-16(23)15(11-12)19(26)24-17-8-4-7-14-18(17)21(28)25(20(14)27)13-5-2-1-3-6-13/h1-11H,(H,24,26). The SMILES string of the molecule is O=C(Nc1cccc2c1C(=O)N(c1ccccc1)C2=O)c1cc(Cl)ccc1Cl. The summed E-state index contributed by atoms with van der Waals surface area (Å²) in [5.74, 6) is -1.47. The molecule has 0 saturated carbocycles. The summed E-state index contributed by atoms with van der Waals surface area (Å²) in [6.07, 6.45) is 0. The smallest absolute Gasteiger partial charge is 0.268 e. The van der Waals surface area contributed by atoms with Crippen LogP contribution in [0.2, 0.25) is 10.0 Å². The second kappa shape index (κ2) is 7.11. The Morgan fingerprint density at radius 1 is 0.857 bits per heavy atom. The average Bonchev–Trinajstić information content (AvgIpc) is 2.95. The highest BCUT2D eigenvalue weighted by atomic mass is 35.5. The number of carbonyl (C=O) groups excluding carboxylic acids is 3. The third-order valence-electron chi connectivity index (χ3n) is 4.35. The third kappa shape index (κ3) is 3.05. The molecule has 3 aromatic carbocycles. The van der Waals surface area contributed by atoms with Crippen LogP contribution in [0.5, 0.6) is 0 Å². The highest BCUT2D eigenvalue weighted by Gasteiger charge is 2.38. The monoisotopic (exact) mass is 410 g/mol. The molecule has 1 aliphatic rings. The van der Waals surface area contributed by atoms with Gasteiger partial charge in [-0.15, -0.1) is 0 Å². The predicted octanol–water partition coefficient (Wildman–Crippen LogP) is 5.05. The molecule has 3 aromatic rings. The van der Waals surface area contributed by atoms with Gasteiger partial charge in [-0.1, -0.05) is 47.5 Å². The summed E-state index contributed by atoms with van der Waals surface area (Å²) in [5, 5.41) is 3.25. The fraction of sp³-hybridized carbons (Fsp3) is 0. The maximum absolute atomic E-state index is 13.0. The van der Waals surface area contributed by atoms with E-state index in [1.165, 1.54) is 12.1 Å². The zero-order valence-corrected chi connectivity index (χ0v) is 15.8. The largest absolute Gasteiger partial charge is 0.321 e. The van der Waals surface area contributed by atoms with Gasteiger partial charge in [-0.3, -0.25) is 14.4 Å². The lowest BCUT2D eigenvalue weighted by molar-refractivity contribution is 0.0926. The Morgan fingerprint density at radius 3 is 2.36 bits per heavy atom. The number of carbonyl (C=O) groups is 3. The van der Waals surface area contributed by atoms with Crippen molar-refractivity contribution >= 4 is 52.3 Å². The predicted molar refractivity (Wildman–Crippen MR) is 108 cm³/mol. The Morgan fingerprint density at radius 2 is 1.61 bits per heavy atom. The van der Waals surface area contributed by atoms with E-state index in [9.17, 15) is 14.4 Å². The van der Waals surface area contributed by atoms with Gasteiger partial charge in [0.15, 0.2) is 0 Å². The number of amides is 3. The molecule has 0 atom stereocenters. The number of rotatable bonds is 3. The van der Waals surface area contributed by atoms with Crippen molar-refractivity contribution in [2.75, 3.05) is 10.2 Å². The van der Waals surface area contributed by atoms with Crippen molar-refractivity contribution in [3.8, 4) is 0 Å². The van der Waals surface area contributed by atoms with Crippen LogP contribution in [0.4, 0.5) is 11.4 Å². The maximum Gasteiger partial charge on any atom is 0.268 e. The second-order valence-corrected chi connectivity index (χ2v) is 6.93. The van der Waals surface area contributed by atoms with Gasteiger partial charge in [0, 0.05) is 5.02 Å². The topological polar surface area (TPSA) is 66.5 Å². The first kappa shape index (κ1) is 18.2. The van der Waals surface area contributed by atoms with E-state index in [2.05, 4.69) is 5.32 Å². The highest BCUT2D eigenvalue weighted by molar-refractivity contribution is 6.38. The van der Waals surface area contributed by atoms with Gasteiger partial charge in [0.1, 0.15) is 0 Å². The van der Waals surface area contributed by atoms with Crippen molar-refractivity contribution in [2.24, 2.45) is 0 Å². The van der Waals surface area contributed by atoms with Gasteiger partial charge in [-0.25, -0.2) is 4.90 Å². The molecule has 0 saturated heterocycles. The molecule has 0 bridgehead atoms. The van der Waals surface area contributed by atoms with E-state index in [0.717, 1.165) is 4.90 Å². The lowest BCUT2D eigenvalue weighted by Crippen LogP contribution is -2.29. The molecule has 0 aromatic heterocycles. The van der Waals surface area contributed by atoms with Crippen LogP contribution in [0.25, 0.3) is 0 Å². The molecular weight excluding hydrogens is 399 g/mol. The van der Waals surface area contributed by atoms with Gasteiger partial charge < -0.3 is 5.32 Å². The van der Waals surface area contributed by atoms with E-state index in [0.29, 0.717) is 10.7 Å². The van der Waals surface area contributed by atoms with Gasteiger partial charge in [0.05, 0.1) is 33.1 Å². The van der Waals surface area contributed by atoms with Crippen molar-refractivity contribution in [1.29, 1.82) is 0 Å². The van der Waals surface area contributed by atoms with E-state index in [1.807, 2.05) is 0 Å². The fourth-order valence-corrected chi connectivity index (χ4v) is 3.44. The van der Waals surface area contributed by atoms with Gasteiger partial charge >= 0.3 is 0 Å².